The third kappa shape index (κ3) is 56.3. The van der Waals surface area contributed by atoms with Crippen LogP contribution < -0.4 is 5.73 Å². The van der Waals surface area contributed by atoms with Gasteiger partial charge in [0.2, 0.25) is 0 Å². The van der Waals surface area contributed by atoms with Crippen LogP contribution in [-0.4, -0.2) is 16.3 Å². The zero-order valence-corrected chi connectivity index (χ0v) is 13.3. The van der Waals surface area contributed by atoms with E-state index in [1.54, 1.807) is 0 Å². The van der Waals surface area contributed by atoms with Crippen LogP contribution in [0.3, 0.4) is 0 Å². The van der Waals surface area contributed by atoms with Gasteiger partial charge in [0, 0.05) is 4.57 Å². The lowest BCUT2D eigenvalue weighted by molar-refractivity contribution is 0.405. The van der Waals surface area contributed by atoms with Gasteiger partial charge in [-0.1, -0.05) is 72.1 Å². The SMILES string of the molecule is CCCCCCC.CCCCCCN.O=[P+](O)O. The summed E-state index contributed by atoms with van der Waals surface area (Å²) in [6, 6.07) is 0. The predicted molar refractivity (Wildman–Crippen MR) is 79.7 cm³/mol. The van der Waals surface area contributed by atoms with Gasteiger partial charge in [0.15, 0.2) is 0 Å². The third-order valence-electron chi connectivity index (χ3n) is 2.26. The Morgan fingerprint density at radius 1 is 0.778 bits per heavy atom. The molecule has 4 N–H and O–H groups in total. The Labute approximate surface area is 114 Å². The van der Waals surface area contributed by atoms with Crippen molar-refractivity contribution in [3.05, 3.63) is 0 Å². The summed E-state index contributed by atoms with van der Waals surface area (Å²) in [4.78, 5) is 14.2. The summed E-state index contributed by atoms with van der Waals surface area (Å²) < 4.78 is 8.70. The van der Waals surface area contributed by atoms with Gasteiger partial charge in [-0.25, -0.2) is 0 Å². The molecule has 0 aliphatic heterocycles. The standard InChI is InChI=1S/C7H16.C6H15N.HO3P/c1-3-5-7-6-4-2;1-2-3-4-5-6-7;1-4(2)3/h3-7H2,1-2H3;2-7H2,1H3;(H-,1,2,3)/p+1. The number of nitrogens with two attached hydrogens (primary N) is 1. The first-order valence-corrected chi connectivity index (χ1v) is 8.28. The van der Waals surface area contributed by atoms with E-state index in [1.165, 1.54) is 57.8 Å². The summed E-state index contributed by atoms with van der Waals surface area (Å²) in [5.74, 6) is 0. The average Bonchev–Trinajstić information content (AvgIpc) is 2.31. The lowest BCUT2D eigenvalue weighted by atomic mass is 10.2. The predicted octanol–water partition coefficient (Wildman–Crippen LogP) is 4.13. The molecule has 0 aliphatic rings. The fourth-order valence-corrected chi connectivity index (χ4v) is 1.25. The fraction of sp³-hybridized carbons (Fsp3) is 1.00. The highest BCUT2D eigenvalue weighted by molar-refractivity contribution is 7.30. The summed E-state index contributed by atoms with van der Waals surface area (Å²) in [5.41, 5.74) is 5.27. The molecule has 0 aromatic carbocycles. The van der Waals surface area contributed by atoms with E-state index < -0.39 is 8.25 Å². The Balaban J connectivity index is -0.000000196. The molecule has 0 aliphatic carbocycles. The molecule has 0 aromatic rings. The van der Waals surface area contributed by atoms with E-state index in [0.717, 1.165) is 6.54 Å². The largest absolute Gasteiger partial charge is 0.692 e. The molecule has 0 rings (SSSR count). The van der Waals surface area contributed by atoms with Gasteiger partial charge in [0.05, 0.1) is 0 Å². The summed E-state index contributed by atoms with van der Waals surface area (Å²) >= 11 is 0. The lowest BCUT2D eigenvalue weighted by Gasteiger charge is -1.90. The van der Waals surface area contributed by atoms with Gasteiger partial charge in [-0.05, 0) is 13.0 Å². The van der Waals surface area contributed by atoms with Gasteiger partial charge >= 0.3 is 8.25 Å². The van der Waals surface area contributed by atoms with Gasteiger partial charge in [0.1, 0.15) is 0 Å². The van der Waals surface area contributed by atoms with Gasteiger partial charge < -0.3 is 5.73 Å². The van der Waals surface area contributed by atoms with Crippen LogP contribution >= 0.6 is 8.25 Å². The highest BCUT2D eigenvalue weighted by Crippen LogP contribution is 2.00. The number of unbranched alkanes of at least 4 members (excludes halogenated alkanes) is 7. The first-order chi connectivity index (χ1) is 8.56. The van der Waals surface area contributed by atoms with E-state index in [9.17, 15) is 0 Å². The van der Waals surface area contributed by atoms with Crippen molar-refractivity contribution in [2.24, 2.45) is 5.73 Å². The van der Waals surface area contributed by atoms with Crippen LogP contribution in [-0.2, 0) is 4.57 Å². The van der Waals surface area contributed by atoms with Crippen molar-refractivity contribution >= 4 is 8.25 Å². The molecular formula is C13H33NO3P+. The zero-order chi connectivity index (χ0) is 14.6. The van der Waals surface area contributed by atoms with E-state index in [-0.39, 0.29) is 0 Å². The molecule has 0 heterocycles. The Bertz CT molecular complexity index is 124. The van der Waals surface area contributed by atoms with Crippen LogP contribution in [0.2, 0.25) is 0 Å². The second-order valence-electron chi connectivity index (χ2n) is 4.16. The molecule has 0 aromatic heterocycles. The first-order valence-electron chi connectivity index (χ1n) is 7.11. The molecule has 112 valence electrons. The summed E-state index contributed by atoms with van der Waals surface area (Å²) in [5, 5.41) is 0. The molecule has 0 amide bonds. The zero-order valence-electron chi connectivity index (χ0n) is 12.4. The van der Waals surface area contributed by atoms with E-state index in [2.05, 4.69) is 20.8 Å². The van der Waals surface area contributed by atoms with Crippen LogP contribution in [0.4, 0.5) is 0 Å². The molecule has 18 heavy (non-hydrogen) atoms. The smallest absolute Gasteiger partial charge is 0.330 e. The molecule has 0 fully saturated rings. The molecule has 0 radical (unpaired) electrons. The molecule has 0 unspecified atom stereocenters. The van der Waals surface area contributed by atoms with Crippen LogP contribution in [0.15, 0.2) is 0 Å². The lowest BCUT2D eigenvalue weighted by Crippen LogP contribution is -1.97. The maximum atomic E-state index is 8.70. The van der Waals surface area contributed by atoms with Crippen molar-refractivity contribution in [1.82, 2.24) is 0 Å². The monoisotopic (exact) mass is 282 g/mol. The van der Waals surface area contributed by atoms with Crippen LogP contribution in [0.25, 0.3) is 0 Å². The number of hydrogen-bond donors (Lipinski definition) is 3. The molecule has 0 spiro atoms. The maximum Gasteiger partial charge on any atom is 0.692 e. The summed E-state index contributed by atoms with van der Waals surface area (Å²) in [6.07, 6.45) is 12.2. The topological polar surface area (TPSA) is 83.6 Å². The molecule has 0 saturated heterocycles. The summed E-state index contributed by atoms with van der Waals surface area (Å²) in [7, 11) is -2.87. The van der Waals surface area contributed by atoms with E-state index in [4.69, 9.17) is 20.1 Å². The second-order valence-corrected chi connectivity index (χ2v) is 4.67. The second kappa shape index (κ2) is 25.7. The van der Waals surface area contributed by atoms with Crippen LogP contribution in [0, 0.1) is 0 Å². The number of hydrogen-bond acceptors (Lipinski definition) is 2. The number of rotatable bonds is 8. The molecule has 0 atom stereocenters. The first kappa shape index (κ1) is 23.1. The van der Waals surface area contributed by atoms with Crippen molar-refractivity contribution in [3.63, 3.8) is 0 Å². The highest BCUT2D eigenvalue weighted by atomic mass is 31.1. The quantitative estimate of drug-likeness (QED) is 0.461. The van der Waals surface area contributed by atoms with Crippen molar-refractivity contribution in [1.29, 1.82) is 0 Å². The van der Waals surface area contributed by atoms with E-state index in [1.807, 2.05) is 0 Å². The third-order valence-corrected chi connectivity index (χ3v) is 2.26. The Kier molecular flexibility index (Phi) is 33.0. The van der Waals surface area contributed by atoms with Crippen molar-refractivity contribution in [3.8, 4) is 0 Å². The fourth-order valence-electron chi connectivity index (χ4n) is 1.25. The van der Waals surface area contributed by atoms with Gasteiger partial charge in [0.25, 0.3) is 0 Å². The highest BCUT2D eigenvalue weighted by Gasteiger charge is 1.93. The summed E-state index contributed by atoms with van der Waals surface area (Å²) in [6.45, 7) is 7.56. The molecule has 0 saturated carbocycles. The minimum Gasteiger partial charge on any atom is -0.330 e. The van der Waals surface area contributed by atoms with Gasteiger partial charge in [-0.2, -0.15) is 0 Å². The van der Waals surface area contributed by atoms with Crippen LogP contribution in [0.5, 0.6) is 0 Å². The Hall–Kier alpha value is -0.0200. The van der Waals surface area contributed by atoms with Crippen molar-refractivity contribution in [2.75, 3.05) is 6.54 Å². The van der Waals surface area contributed by atoms with E-state index in [0.29, 0.717) is 0 Å². The van der Waals surface area contributed by atoms with Crippen molar-refractivity contribution in [2.45, 2.75) is 78.6 Å². The van der Waals surface area contributed by atoms with E-state index >= 15 is 0 Å². The van der Waals surface area contributed by atoms with Crippen molar-refractivity contribution < 1.29 is 14.4 Å². The normalized spacial score (nSPS) is 8.78. The molecule has 0 bridgehead atoms. The molecule has 5 heteroatoms. The minimum absolute atomic E-state index is 0.861. The molecule has 4 nitrogen and oxygen atoms in total. The average molecular weight is 282 g/mol. The maximum absolute atomic E-state index is 8.70. The Morgan fingerprint density at radius 2 is 1.06 bits per heavy atom. The Morgan fingerprint density at radius 3 is 1.28 bits per heavy atom. The van der Waals surface area contributed by atoms with Gasteiger partial charge in [-0.15, -0.1) is 9.79 Å². The minimum atomic E-state index is -2.87. The molecular weight excluding hydrogens is 249 g/mol. The van der Waals surface area contributed by atoms with Crippen LogP contribution in [0.1, 0.15) is 78.6 Å². The van der Waals surface area contributed by atoms with Gasteiger partial charge in [-0.3, -0.25) is 0 Å².